The Morgan fingerprint density at radius 1 is 1.00 bits per heavy atom. The van der Waals surface area contributed by atoms with Crippen LogP contribution in [0.3, 0.4) is 0 Å². The van der Waals surface area contributed by atoms with Crippen molar-refractivity contribution in [3.05, 3.63) is 53.6 Å². The molecule has 0 fully saturated rings. The van der Waals surface area contributed by atoms with Gasteiger partial charge in [-0.05, 0) is 24.1 Å². The van der Waals surface area contributed by atoms with Crippen LogP contribution in [-0.4, -0.2) is 16.8 Å². The Kier molecular flexibility index (Phi) is 3.72. The van der Waals surface area contributed by atoms with Gasteiger partial charge in [0.05, 0.1) is 6.61 Å². The summed E-state index contributed by atoms with van der Waals surface area (Å²) in [5.74, 6) is 0.125. The van der Waals surface area contributed by atoms with E-state index in [2.05, 4.69) is 0 Å². The van der Waals surface area contributed by atoms with Gasteiger partial charge in [-0.1, -0.05) is 36.4 Å². The fourth-order valence-electron chi connectivity index (χ4n) is 1.72. The summed E-state index contributed by atoms with van der Waals surface area (Å²) in [6, 6.07) is 13.1. The van der Waals surface area contributed by atoms with Crippen LogP contribution in [0.5, 0.6) is 17.2 Å². The number of rotatable bonds is 4. The zero-order valence-electron chi connectivity index (χ0n) is 10.3. The molecule has 0 aliphatic heterocycles. The van der Waals surface area contributed by atoms with Crippen molar-refractivity contribution in [3.8, 4) is 17.2 Å². The van der Waals surface area contributed by atoms with Gasteiger partial charge in [0.25, 0.3) is 0 Å². The molecule has 0 unspecified atom stereocenters. The lowest BCUT2D eigenvalue weighted by Crippen LogP contribution is -2.02. The second-order valence-corrected chi connectivity index (χ2v) is 4.16. The Hall–Kier alpha value is -2.16. The van der Waals surface area contributed by atoms with E-state index in [1.807, 2.05) is 30.3 Å². The second-order valence-electron chi connectivity index (χ2n) is 4.16. The van der Waals surface area contributed by atoms with E-state index in [1.54, 1.807) is 13.0 Å². The molecule has 94 valence electrons. The summed E-state index contributed by atoms with van der Waals surface area (Å²) in [5.41, 5.74) is 1.84. The Morgan fingerprint density at radius 3 is 2.44 bits per heavy atom. The predicted molar refractivity (Wildman–Crippen MR) is 70.1 cm³/mol. The predicted octanol–water partition coefficient (Wildman–Crippen LogP) is 3.03. The Balaban J connectivity index is 2.01. The van der Waals surface area contributed by atoms with Gasteiger partial charge < -0.3 is 14.9 Å². The fourth-order valence-corrected chi connectivity index (χ4v) is 1.72. The van der Waals surface area contributed by atoms with E-state index < -0.39 is 0 Å². The maximum Gasteiger partial charge on any atom is 0.203 e. The van der Waals surface area contributed by atoms with Crippen molar-refractivity contribution < 1.29 is 14.9 Å². The summed E-state index contributed by atoms with van der Waals surface area (Å²) >= 11 is 0. The Labute approximate surface area is 106 Å². The highest BCUT2D eigenvalue weighted by Crippen LogP contribution is 2.37. The van der Waals surface area contributed by atoms with Crippen molar-refractivity contribution in [1.29, 1.82) is 0 Å². The van der Waals surface area contributed by atoms with Gasteiger partial charge in [0, 0.05) is 6.42 Å². The van der Waals surface area contributed by atoms with Gasteiger partial charge in [-0.2, -0.15) is 0 Å². The first kappa shape index (κ1) is 12.3. The van der Waals surface area contributed by atoms with Crippen LogP contribution in [-0.2, 0) is 6.42 Å². The van der Waals surface area contributed by atoms with E-state index in [9.17, 15) is 10.2 Å². The van der Waals surface area contributed by atoms with Gasteiger partial charge in [-0.3, -0.25) is 0 Å². The molecule has 3 heteroatoms. The molecule has 18 heavy (non-hydrogen) atoms. The number of aromatic hydroxyl groups is 2. The maximum atomic E-state index is 9.79. The lowest BCUT2D eigenvalue weighted by molar-refractivity contribution is 0.285. The van der Waals surface area contributed by atoms with Crippen LogP contribution in [0.15, 0.2) is 42.5 Å². The summed E-state index contributed by atoms with van der Waals surface area (Å²) in [6.07, 6.45) is 0.730. The van der Waals surface area contributed by atoms with Crippen molar-refractivity contribution in [3.63, 3.8) is 0 Å². The molecule has 0 saturated carbocycles. The Bertz CT molecular complexity index is 521. The summed E-state index contributed by atoms with van der Waals surface area (Å²) in [4.78, 5) is 0. The van der Waals surface area contributed by atoms with Crippen LogP contribution < -0.4 is 4.74 Å². The van der Waals surface area contributed by atoms with Crippen LogP contribution >= 0.6 is 0 Å². The molecule has 0 radical (unpaired) electrons. The molecule has 0 amide bonds. The van der Waals surface area contributed by atoms with E-state index >= 15 is 0 Å². The summed E-state index contributed by atoms with van der Waals surface area (Å²) in [7, 11) is 0. The minimum Gasteiger partial charge on any atom is -0.504 e. The standard InChI is InChI=1S/C15H16O3/c1-11-7-8-13(16)15(14(11)17)18-10-9-12-5-3-2-4-6-12/h2-8,16-17H,9-10H2,1H3. The minimum atomic E-state index is -0.0360. The number of hydrogen-bond acceptors (Lipinski definition) is 3. The molecule has 2 aromatic rings. The molecule has 0 heterocycles. The van der Waals surface area contributed by atoms with E-state index in [0.717, 1.165) is 12.0 Å². The van der Waals surface area contributed by atoms with Crippen LogP contribution in [0.4, 0.5) is 0 Å². The highest BCUT2D eigenvalue weighted by atomic mass is 16.5. The van der Waals surface area contributed by atoms with Crippen molar-refractivity contribution >= 4 is 0 Å². The monoisotopic (exact) mass is 244 g/mol. The number of hydrogen-bond donors (Lipinski definition) is 2. The van der Waals surface area contributed by atoms with Gasteiger partial charge in [0.2, 0.25) is 5.75 Å². The SMILES string of the molecule is Cc1ccc(O)c(OCCc2ccccc2)c1O. The molecule has 0 aromatic heterocycles. The first-order valence-corrected chi connectivity index (χ1v) is 5.86. The van der Waals surface area contributed by atoms with Crippen LogP contribution in [0.1, 0.15) is 11.1 Å². The molecule has 3 nitrogen and oxygen atoms in total. The number of phenols is 2. The highest BCUT2D eigenvalue weighted by Gasteiger charge is 2.10. The topological polar surface area (TPSA) is 49.7 Å². The van der Waals surface area contributed by atoms with Crippen molar-refractivity contribution in [2.24, 2.45) is 0 Å². The van der Waals surface area contributed by atoms with E-state index in [-0.39, 0.29) is 17.2 Å². The van der Waals surface area contributed by atoms with Crippen molar-refractivity contribution in [2.45, 2.75) is 13.3 Å². The number of phenolic OH excluding ortho intramolecular Hbond substituents is 2. The van der Waals surface area contributed by atoms with E-state index in [0.29, 0.717) is 12.2 Å². The average molecular weight is 244 g/mol. The summed E-state index contributed by atoms with van der Waals surface area (Å²) < 4.78 is 5.45. The van der Waals surface area contributed by atoms with Gasteiger partial charge >= 0.3 is 0 Å². The first-order valence-electron chi connectivity index (χ1n) is 5.86. The summed E-state index contributed by atoms with van der Waals surface area (Å²) in [5, 5.41) is 19.4. The summed E-state index contributed by atoms with van der Waals surface area (Å²) in [6.45, 7) is 2.17. The smallest absolute Gasteiger partial charge is 0.203 e. The lowest BCUT2D eigenvalue weighted by atomic mass is 10.1. The van der Waals surface area contributed by atoms with E-state index in [4.69, 9.17) is 4.74 Å². The molecular formula is C15H16O3. The second kappa shape index (κ2) is 5.45. The largest absolute Gasteiger partial charge is 0.504 e. The van der Waals surface area contributed by atoms with Gasteiger partial charge in [0.1, 0.15) is 0 Å². The molecule has 0 spiro atoms. The Morgan fingerprint density at radius 2 is 1.72 bits per heavy atom. The van der Waals surface area contributed by atoms with Gasteiger partial charge in [-0.25, -0.2) is 0 Å². The third-order valence-electron chi connectivity index (χ3n) is 2.79. The van der Waals surface area contributed by atoms with Crippen LogP contribution in [0.2, 0.25) is 0 Å². The molecule has 0 bridgehead atoms. The third kappa shape index (κ3) is 2.74. The molecule has 0 saturated heterocycles. The van der Waals surface area contributed by atoms with E-state index in [1.165, 1.54) is 6.07 Å². The average Bonchev–Trinajstić information content (AvgIpc) is 2.39. The molecule has 2 N–H and O–H groups in total. The molecule has 2 rings (SSSR count). The number of ether oxygens (including phenoxy) is 1. The van der Waals surface area contributed by atoms with Crippen LogP contribution in [0.25, 0.3) is 0 Å². The molecule has 0 aliphatic carbocycles. The number of benzene rings is 2. The van der Waals surface area contributed by atoms with Gasteiger partial charge in [0.15, 0.2) is 11.5 Å². The molecule has 2 aromatic carbocycles. The van der Waals surface area contributed by atoms with Crippen LogP contribution in [0, 0.1) is 6.92 Å². The zero-order valence-corrected chi connectivity index (χ0v) is 10.3. The third-order valence-corrected chi connectivity index (χ3v) is 2.79. The molecule has 0 atom stereocenters. The highest BCUT2D eigenvalue weighted by molar-refractivity contribution is 5.53. The molecule has 0 aliphatic rings. The lowest BCUT2D eigenvalue weighted by Gasteiger charge is -2.11. The quantitative estimate of drug-likeness (QED) is 0.869. The zero-order chi connectivity index (χ0) is 13.0. The maximum absolute atomic E-state index is 9.79. The van der Waals surface area contributed by atoms with Crippen molar-refractivity contribution in [1.82, 2.24) is 0 Å². The normalized spacial score (nSPS) is 10.3. The molecular weight excluding hydrogens is 228 g/mol. The fraction of sp³-hybridized carbons (Fsp3) is 0.200. The van der Waals surface area contributed by atoms with Gasteiger partial charge in [-0.15, -0.1) is 0 Å². The first-order chi connectivity index (χ1) is 8.68. The minimum absolute atomic E-state index is 0.00283. The number of aryl methyl sites for hydroxylation is 1. The van der Waals surface area contributed by atoms with Crippen molar-refractivity contribution in [2.75, 3.05) is 6.61 Å².